The maximum atomic E-state index is 15.2. The van der Waals surface area contributed by atoms with E-state index in [1.807, 2.05) is 19.3 Å². The summed E-state index contributed by atoms with van der Waals surface area (Å²) in [5.41, 5.74) is 4.62. The van der Waals surface area contributed by atoms with Gasteiger partial charge in [-0.1, -0.05) is 12.1 Å². The van der Waals surface area contributed by atoms with Crippen LogP contribution >= 0.6 is 0 Å². The fourth-order valence-corrected chi connectivity index (χ4v) is 4.74. The molecule has 9 heteroatoms. The normalized spacial score (nSPS) is 15.8. The van der Waals surface area contributed by atoms with Gasteiger partial charge in [0.1, 0.15) is 11.5 Å². The van der Waals surface area contributed by atoms with Crippen LogP contribution in [-0.4, -0.2) is 50.3 Å². The molecule has 0 unspecified atom stereocenters. The maximum absolute atomic E-state index is 15.2. The average Bonchev–Trinajstić information content (AvgIpc) is 3.62. The lowest BCUT2D eigenvalue weighted by atomic mass is 9.99. The van der Waals surface area contributed by atoms with Gasteiger partial charge in [0.15, 0.2) is 0 Å². The minimum absolute atomic E-state index is 0.122. The molecule has 6 rings (SSSR count). The molecule has 1 aliphatic rings. The highest BCUT2D eigenvalue weighted by Gasteiger charge is 2.19. The maximum Gasteiger partial charge on any atom is 0.251 e. The van der Waals surface area contributed by atoms with E-state index in [-0.39, 0.29) is 5.91 Å². The number of aryl methyl sites for hydroxylation is 1. The summed E-state index contributed by atoms with van der Waals surface area (Å²) in [6, 6.07) is 8.97. The van der Waals surface area contributed by atoms with Gasteiger partial charge in [-0.05, 0) is 49.2 Å². The second kappa shape index (κ2) is 8.59. The van der Waals surface area contributed by atoms with Crippen molar-refractivity contribution in [3.63, 3.8) is 0 Å². The van der Waals surface area contributed by atoms with Crippen LogP contribution < -0.4 is 10.6 Å². The van der Waals surface area contributed by atoms with Gasteiger partial charge in [0.25, 0.3) is 5.91 Å². The fourth-order valence-electron chi connectivity index (χ4n) is 4.74. The molecule has 1 atom stereocenters. The van der Waals surface area contributed by atoms with E-state index in [4.69, 9.17) is 0 Å². The number of aromatic nitrogens is 5. The van der Waals surface area contributed by atoms with Crippen molar-refractivity contribution < 1.29 is 9.18 Å². The number of hydrogen-bond donors (Lipinski definition) is 3. The Morgan fingerprint density at radius 1 is 1.17 bits per heavy atom. The van der Waals surface area contributed by atoms with E-state index >= 15 is 4.39 Å². The Labute approximate surface area is 200 Å². The van der Waals surface area contributed by atoms with Crippen LogP contribution in [0.15, 0.2) is 55.1 Å². The third kappa shape index (κ3) is 3.93. The summed E-state index contributed by atoms with van der Waals surface area (Å²) < 4.78 is 16.9. The van der Waals surface area contributed by atoms with Crippen molar-refractivity contribution >= 4 is 27.8 Å². The molecule has 3 N–H and O–H groups in total. The molecule has 5 aromatic rings. The van der Waals surface area contributed by atoms with Crippen LogP contribution in [0.5, 0.6) is 0 Å². The van der Waals surface area contributed by atoms with E-state index in [9.17, 15) is 4.79 Å². The number of carbonyl (C=O) groups is 1. The second-order valence-corrected chi connectivity index (χ2v) is 8.99. The number of nitrogens with zero attached hydrogens (tertiary/aromatic N) is 4. The number of pyridine rings is 2. The van der Waals surface area contributed by atoms with Gasteiger partial charge in [0, 0.05) is 47.3 Å². The highest BCUT2D eigenvalue weighted by molar-refractivity contribution is 6.13. The molecule has 0 saturated carbocycles. The van der Waals surface area contributed by atoms with Crippen LogP contribution in [-0.2, 0) is 7.05 Å². The first-order chi connectivity index (χ1) is 17.1. The molecule has 176 valence electrons. The minimum atomic E-state index is -0.427. The number of aromatic amines is 1. The summed E-state index contributed by atoms with van der Waals surface area (Å²) in [5.74, 6) is -0.0857. The molecular formula is C26H24FN7O. The van der Waals surface area contributed by atoms with E-state index < -0.39 is 5.82 Å². The van der Waals surface area contributed by atoms with E-state index in [2.05, 4.69) is 30.7 Å². The number of carbonyl (C=O) groups excluding carboxylic acids is 1. The molecular weight excluding hydrogens is 445 g/mol. The van der Waals surface area contributed by atoms with E-state index in [1.54, 1.807) is 41.3 Å². The molecule has 1 fully saturated rings. The van der Waals surface area contributed by atoms with Crippen molar-refractivity contribution in [1.82, 2.24) is 35.4 Å². The van der Waals surface area contributed by atoms with Gasteiger partial charge in [0.2, 0.25) is 0 Å². The van der Waals surface area contributed by atoms with Gasteiger partial charge in [0.05, 0.1) is 29.8 Å². The molecule has 0 radical (unpaired) electrons. The van der Waals surface area contributed by atoms with Crippen LogP contribution in [0.2, 0.25) is 0 Å². The standard InChI is InChI=1S/C26H24FN7O/c1-34-14-18(11-32-34)21-8-19-22(13-29-21)33-25-24(19)23(20(27)12-30-25)16-2-4-17(5-3-16)26(35)31-10-15-6-7-28-9-15/h2-5,8,11-15,28H,6-7,9-10H2,1H3,(H,30,33)(H,31,35)/t15-/m1/s1. The monoisotopic (exact) mass is 469 g/mol. The predicted molar refractivity (Wildman–Crippen MR) is 132 cm³/mol. The van der Waals surface area contributed by atoms with Crippen molar-refractivity contribution in [2.24, 2.45) is 13.0 Å². The van der Waals surface area contributed by atoms with Crippen LogP contribution in [0.25, 0.3) is 44.3 Å². The molecule has 1 aromatic carbocycles. The fraction of sp³-hybridized carbons (Fsp3) is 0.231. The number of rotatable bonds is 5. The molecule has 5 heterocycles. The quantitative estimate of drug-likeness (QED) is 0.365. The Kier molecular flexibility index (Phi) is 5.26. The lowest BCUT2D eigenvalue weighted by molar-refractivity contribution is 0.0948. The van der Waals surface area contributed by atoms with Crippen LogP contribution in [0.4, 0.5) is 4.39 Å². The molecule has 35 heavy (non-hydrogen) atoms. The zero-order valence-corrected chi connectivity index (χ0v) is 19.2. The average molecular weight is 470 g/mol. The molecule has 4 aromatic heterocycles. The van der Waals surface area contributed by atoms with E-state index in [0.717, 1.165) is 41.7 Å². The Balaban J connectivity index is 1.37. The van der Waals surface area contributed by atoms with Crippen LogP contribution in [0, 0.1) is 11.7 Å². The minimum Gasteiger partial charge on any atom is -0.352 e. The Morgan fingerprint density at radius 2 is 2.03 bits per heavy atom. The Morgan fingerprint density at radius 3 is 2.77 bits per heavy atom. The second-order valence-electron chi connectivity index (χ2n) is 8.99. The summed E-state index contributed by atoms with van der Waals surface area (Å²) >= 11 is 0. The molecule has 0 bridgehead atoms. The number of H-pyrrole nitrogens is 1. The summed E-state index contributed by atoms with van der Waals surface area (Å²) in [7, 11) is 1.85. The van der Waals surface area contributed by atoms with Crippen LogP contribution in [0.3, 0.4) is 0 Å². The molecule has 1 amide bonds. The topological polar surface area (TPSA) is 101 Å². The number of halogens is 1. The van der Waals surface area contributed by atoms with Gasteiger partial charge >= 0.3 is 0 Å². The lowest BCUT2D eigenvalue weighted by Crippen LogP contribution is -2.30. The first-order valence-corrected chi connectivity index (χ1v) is 11.6. The lowest BCUT2D eigenvalue weighted by Gasteiger charge is -2.11. The number of amides is 1. The van der Waals surface area contributed by atoms with Crippen molar-refractivity contribution in [2.75, 3.05) is 19.6 Å². The number of nitrogens with one attached hydrogen (secondary N) is 3. The number of fused-ring (bicyclic) bond motifs is 3. The zero-order chi connectivity index (χ0) is 23.9. The van der Waals surface area contributed by atoms with Crippen molar-refractivity contribution in [1.29, 1.82) is 0 Å². The number of hydrogen-bond acceptors (Lipinski definition) is 5. The van der Waals surface area contributed by atoms with Gasteiger partial charge in [-0.2, -0.15) is 5.10 Å². The molecule has 8 nitrogen and oxygen atoms in total. The van der Waals surface area contributed by atoms with Crippen molar-refractivity contribution in [2.45, 2.75) is 6.42 Å². The first-order valence-electron chi connectivity index (χ1n) is 11.6. The predicted octanol–water partition coefficient (Wildman–Crippen LogP) is 3.66. The third-order valence-electron chi connectivity index (χ3n) is 6.61. The highest BCUT2D eigenvalue weighted by Crippen LogP contribution is 2.36. The highest BCUT2D eigenvalue weighted by atomic mass is 19.1. The van der Waals surface area contributed by atoms with Crippen molar-refractivity contribution in [3.8, 4) is 22.4 Å². The summed E-state index contributed by atoms with van der Waals surface area (Å²) in [6.45, 7) is 2.57. The SMILES string of the molecule is Cn1cc(-c2cc3c(cn2)[nH]c2ncc(F)c(-c4ccc(C(=O)NC[C@@H]5CCNC5)cc4)c23)cn1. The van der Waals surface area contributed by atoms with Crippen molar-refractivity contribution in [3.05, 3.63) is 66.5 Å². The van der Waals surface area contributed by atoms with Gasteiger partial charge in [-0.25, -0.2) is 9.37 Å². The molecule has 1 saturated heterocycles. The number of benzene rings is 1. The van der Waals surface area contributed by atoms with E-state index in [0.29, 0.717) is 40.2 Å². The van der Waals surface area contributed by atoms with E-state index in [1.165, 1.54) is 6.20 Å². The Bertz CT molecular complexity index is 1550. The zero-order valence-electron chi connectivity index (χ0n) is 19.2. The molecule has 1 aliphatic heterocycles. The largest absolute Gasteiger partial charge is 0.352 e. The summed E-state index contributed by atoms with van der Waals surface area (Å²) in [6.07, 6.45) is 7.65. The summed E-state index contributed by atoms with van der Waals surface area (Å²) in [5, 5.41) is 12.0. The Hall–Kier alpha value is -4.11. The third-order valence-corrected chi connectivity index (χ3v) is 6.61. The molecule has 0 aliphatic carbocycles. The first kappa shape index (κ1) is 21.4. The van der Waals surface area contributed by atoms with Gasteiger partial charge in [-0.3, -0.25) is 14.5 Å². The van der Waals surface area contributed by atoms with Gasteiger partial charge in [-0.15, -0.1) is 0 Å². The molecule has 0 spiro atoms. The van der Waals surface area contributed by atoms with Gasteiger partial charge < -0.3 is 15.6 Å². The smallest absolute Gasteiger partial charge is 0.251 e. The summed E-state index contributed by atoms with van der Waals surface area (Å²) in [4.78, 5) is 24.7. The van der Waals surface area contributed by atoms with Crippen LogP contribution in [0.1, 0.15) is 16.8 Å².